The number of esters is 2. The van der Waals surface area contributed by atoms with Gasteiger partial charge in [-0.1, -0.05) is 0 Å². The molecule has 0 unspecified atom stereocenters. The van der Waals surface area contributed by atoms with E-state index in [0.717, 1.165) is 0 Å². The van der Waals surface area contributed by atoms with Gasteiger partial charge in [-0.15, -0.1) is 0 Å². The van der Waals surface area contributed by atoms with E-state index in [0.29, 0.717) is 0 Å². The summed E-state index contributed by atoms with van der Waals surface area (Å²) in [6, 6.07) is -0.890. The fraction of sp³-hybridized carbons (Fsp3) is 0.769. The summed E-state index contributed by atoms with van der Waals surface area (Å²) in [4.78, 5) is 34.0. The minimum Gasteiger partial charge on any atom is -0.456 e. The molecule has 0 bridgehead atoms. The highest BCUT2D eigenvalue weighted by atomic mass is 16.7. The zero-order valence-corrected chi connectivity index (χ0v) is 12.9. The summed E-state index contributed by atoms with van der Waals surface area (Å²) in [7, 11) is 1.34. The van der Waals surface area contributed by atoms with Gasteiger partial charge in [-0.3, -0.25) is 14.4 Å². The number of nitrogens with one attached hydrogen (secondary N) is 1. The third-order valence-corrected chi connectivity index (χ3v) is 3.03. The summed E-state index contributed by atoms with van der Waals surface area (Å²) < 4.78 is 20.9. The second-order valence-corrected chi connectivity index (χ2v) is 4.84. The number of amides is 1. The van der Waals surface area contributed by atoms with Crippen molar-refractivity contribution in [2.75, 3.05) is 13.7 Å². The van der Waals surface area contributed by atoms with Gasteiger partial charge >= 0.3 is 11.9 Å². The Kier molecular flexibility index (Phi) is 6.72. The average Bonchev–Trinajstić information content (AvgIpc) is 2.41. The van der Waals surface area contributed by atoms with E-state index in [2.05, 4.69) is 5.32 Å². The molecule has 1 aliphatic rings. The van der Waals surface area contributed by atoms with Gasteiger partial charge in [0, 0.05) is 27.9 Å². The lowest BCUT2D eigenvalue weighted by Crippen LogP contribution is -2.66. The van der Waals surface area contributed by atoms with Crippen LogP contribution in [0.25, 0.3) is 0 Å². The second kappa shape index (κ2) is 8.06. The summed E-state index contributed by atoms with van der Waals surface area (Å²) in [5.41, 5.74) is 0. The van der Waals surface area contributed by atoms with Crippen molar-refractivity contribution in [3.05, 3.63) is 0 Å². The van der Waals surface area contributed by atoms with E-state index in [-0.39, 0.29) is 0 Å². The molecular weight excluding hydrogens is 298 g/mol. The van der Waals surface area contributed by atoms with Crippen LogP contribution in [0.1, 0.15) is 20.8 Å². The largest absolute Gasteiger partial charge is 0.456 e. The van der Waals surface area contributed by atoms with Crippen LogP contribution in [0.5, 0.6) is 0 Å². The predicted molar refractivity (Wildman–Crippen MR) is 71.5 cm³/mol. The first-order valence-corrected chi connectivity index (χ1v) is 6.70. The van der Waals surface area contributed by atoms with Gasteiger partial charge in [0.15, 0.2) is 18.5 Å². The van der Waals surface area contributed by atoms with Crippen LogP contribution in [-0.4, -0.2) is 67.3 Å². The molecule has 0 spiro atoms. The molecule has 1 aliphatic heterocycles. The smallest absolute Gasteiger partial charge is 0.303 e. The molecule has 0 aromatic rings. The summed E-state index contributed by atoms with van der Waals surface area (Å²) >= 11 is 0. The normalized spacial score (nSPS) is 31.2. The molecule has 22 heavy (non-hydrogen) atoms. The number of aliphatic hydroxyl groups is 1. The first-order chi connectivity index (χ1) is 10.3. The summed E-state index contributed by atoms with van der Waals surface area (Å²) in [6.45, 7) is 3.15. The Morgan fingerprint density at radius 1 is 1.09 bits per heavy atom. The molecule has 1 fully saturated rings. The van der Waals surface area contributed by atoms with Crippen LogP contribution < -0.4 is 5.32 Å². The summed E-state index contributed by atoms with van der Waals surface area (Å²) in [5, 5.41) is 12.0. The van der Waals surface area contributed by atoms with E-state index >= 15 is 0 Å². The van der Waals surface area contributed by atoms with Gasteiger partial charge in [0.05, 0.1) is 6.61 Å². The maximum absolute atomic E-state index is 11.4. The highest BCUT2D eigenvalue weighted by molar-refractivity contribution is 5.73. The Bertz CT molecular complexity index is 396. The van der Waals surface area contributed by atoms with Gasteiger partial charge in [0.1, 0.15) is 12.1 Å². The standard InChI is InChI=1S/C13H21NO8/c1-6(16)14-10-12(21-8(3)18)11(20-7(2)17)9(5-15)22-13(10)19-4/h9-13,15H,5H2,1-4H3,(H,14,16)/t9-,10-,11+,12-,13-/m1/s1. The molecule has 0 aromatic carbocycles. The Balaban J connectivity index is 3.14. The Labute approximate surface area is 127 Å². The number of hydrogen-bond donors (Lipinski definition) is 2. The average molecular weight is 319 g/mol. The van der Waals surface area contributed by atoms with Crippen LogP contribution >= 0.6 is 0 Å². The van der Waals surface area contributed by atoms with Gasteiger partial charge in [0.2, 0.25) is 5.91 Å². The maximum atomic E-state index is 11.4. The molecule has 126 valence electrons. The van der Waals surface area contributed by atoms with Crippen LogP contribution in [0.4, 0.5) is 0 Å². The number of carbonyl (C=O) groups is 3. The lowest BCUT2D eigenvalue weighted by Gasteiger charge is -2.44. The molecule has 0 aliphatic carbocycles. The van der Waals surface area contributed by atoms with Crippen molar-refractivity contribution in [3.63, 3.8) is 0 Å². The number of carbonyl (C=O) groups excluding carboxylic acids is 3. The lowest BCUT2D eigenvalue weighted by molar-refractivity contribution is -0.270. The van der Waals surface area contributed by atoms with Crippen molar-refractivity contribution in [1.82, 2.24) is 5.32 Å². The van der Waals surface area contributed by atoms with Crippen LogP contribution in [0.15, 0.2) is 0 Å². The van der Waals surface area contributed by atoms with Crippen molar-refractivity contribution in [2.24, 2.45) is 0 Å². The molecular formula is C13H21NO8. The van der Waals surface area contributed by atoms with Crippen LogP contribution in [0.3, 0.4) is 0 Å². The highest BCUT2D eigenvalue weighted by Crippen LogP contribution is 2.26. The van der Waals surface area contributed by atoms with Gasteiger partial charge in [-0.25, -0.2) is 0 Å². The minimum atomic E-state index is -1.07. The highest BCUT2D eigenvalue weighted by Gasteiger charge is 2.50. The zero-order chi connectivity index (χ0) is 16.9. The van der Waals surface area contributed by atoms with Crippen LogP contribution in [0, 0.1) is 0 Å². The molecule has 5 atom stereocenters. The Morgan fingerprint density at radius 2 is 1.64 bits per heavy atom. The quantitative estimate of drug-likeness (QED) is 0.601. The number of rotatable bonds is 5. The first kappa shape index (κ1) is 18.3. The zero-order valence-electron chi connectivity index (χ0n) is 12.9. The molecule has 9 nitrogen and oxygen atoms in total. The summed E-state index contributed by atoms with van der Waals surface area (Å²) in [5.74, 6) is -1.68. The van der Waals surface area contributed by atoms with Crippen molar-refractivity contribution in [3.8, 4) is 0 Å². The van der Waals surface area contributed by atoms with Gasteiger partial charge < -0.3 is 29.4 Å². The number of ether oxygens (including phenoxy) is 4. The third kappa shape index (κ3) is 4.65. The Morgan fingerprint density at radius 3 is 2.05 bits per heavy atom. The van der Waals surface area contributed by atoms with Crippen LogP contribution in [-0.2, 0) is 33.3 Å². The maximum Gasteiger partial charge on any atom is 0.303 e. The molecule has 2 N–H and O–H groups in total. The molecule has 9 heteroatoms. The predicted octanol–water partition coefficient (Wildman–Crippen LogP) is -1.28. The van der Waals surface area contributed by atoms with Crippen molar-refractivity contribution in [2.45, 2.75) is 51.4 Å². The van der Waals surface area contributed by atoms with Crippen LogP contribution in [0.2, 0.25) is 0 Å². The molecule has 1 heterocycles. The molecule has 1 saturated heterocycles. The first-order valence-electron chi connectivity index (χ1n) is 6.70. The number of aliphatic hydroxyl groups excluding tert-OH is 1. The Hall–Kier alpha value is -1.71. The van der Waals surface area contributed by atoms with Gasteiger partial charge in [-0.2, -0.15) is 0 Å². The molecule has 0 aromatic heterocycles. The second-order valence-electron chi connectivity index (χ2n) is 4.84. The topological polar surface area (TPSA) is 120 Å². The lowest BCUT2D eigenvalue weighted by atomic mass is 9.96. The molecule has 0 radical (unpaired) electrons. The van der Waals surface area contributed by atoms with Crippen molar-refractivity contribution in [1.29, 1.82) is 0 Å². The SMILES string of the molecule is CO[C@@H]1O[C@H](CO)[C@H](OC(C)=O)[C@H](OC(C)=O)[C@H]1NC(C)=O. The van der Waals surface area contributed by atoms with E-state index < -0.39 is 55.1 Å². The van der Waals surface area contributed by atoms with E-state index in [1.54, 1.807) is 0 Å². The fourth-order valence-corrected chi connectivity index (χ4v) is 2.31. The van der Waals surface area contributed by atoms with Crippen molar-refractivity contribution < 1.29 is 38.4 Å². The van der Waals surface area contributed by atoms with E-state index in [1.165, 1.54) is 27.9 Å². The van der Waals surface area contributed by atoms with E-state index in [9.17, 15) is 19.5 Å². The molecule has 1 amide bonds. The third-order valence-electron chi connectivity index (χ3n) is 3.03. The molecule has 1 rings (SSSR count). The monoisotopic (exact) mass is 319 g/mol. The van der Waals surface area contributed by atoms with Gasteiger partial charge in [-0.05, 0) is 0 Å². The fourth-order valence-electron chi connectivity index (χ4n) is 2.31. The van der Waals surface area contributed by atoms with Crippen molar-refractivity contribution >= 4 is 17.8 Å². The minimum absolute atomic E-state index is 0.406. The summed E-state index contributed by atoms with van der Waals surface area (Å²) in [6.07, 6.45) is -4.06. The van der Waals surface area contributed by atoms with Gasteiger partial charge in [0.25, 0.3) is 0 Å². The number of methoxy groups -OCH3 is 1. The number of hydrogen-bond acceptors (Lipinski definition) is 8. The molecule has 0 saturated carbocycles. The van der Waals surface area contributed by atoms with E-state index in [4.69, 9.17) is 18.9 Å². The van der Waals surface area contributed by atoms with E-state index in [1.807, 2.05) is 0 Å².